The van der Waals surface area contributed by atoms with E-state index < -0.39 is 60.3 Å². The Morgan fingerprint density at radius 2 is 0.923 bits per heavy atom. The molecule has 3 aromatic carbocycles. The summed E-state index contributed by atoms with van der Waals surface area (Å²) in [7, 11) is 0. The molecule has 6 atom stereocenters. The van der Waals surface area contributed by atoms with Crippen LogP contribution in [0.25, 0.3) is 0 Å². The molecule has 1 aliphatic carbocycles. The van der Waals surface area contributed by atoms with Gasteiger partial charge in [-0.15, -0.1) is 0 Å². The van der Waals surface area contributed by atoms with Crippen LogP contribution in [-0.2, 0) is 23.7 Å². The topological polar surface area (TPSA) is 118 Å². The number of esters is 3. The molecular formula is C30H28O9. The zero-order valence-corrected chi connectivity index (χ0v) is 21.3. The van der Waals surface area contributed by atoms with Crippen LogP contribution < -0.4 is 0 Å². The van der Waals surface area contributed by atoms with Gasteiger partial charge < -0.3 is 28.8 Å². The number of carbonyl (C=O) groups excluding carboxylic acids is 3. The summed E-state index contributed by atoms with van der Waals surface area (Å²) in [5, 5.41) is 11.5. The summed E-state index contributed by atoms with van der Waals surface area (Å²) in [6, 6.07) is 24.7. The first-order chi connectivity index (χ1) is 18.7. The fourth-order valence-corrected chi connectivity index (χ4v) is 4.79. The van der Waals surface area contributed by atoms with Gasteiger partial charge in [0.05, 0.1) is 16.7 Å². The molecule has 1 saturated carbocycles. The molecule has 5 rings (SSSR count). The van der Waals surface area contributed by atoms with Crippen LogP contribution in [-0.4, -0.2) is 65.4 Å². The Balaban J connectivity index is 1.49. The van der Waals surface area contributed by atoms with E-state index in [1.165, 1.54) is 0 Å². The molecule has 1 aliphatic heterocycles. The number of aliphatic hydroxyl groups is 1. The summed E-state index contributed by atoms with van der Waals surface area (Å²) in [6.45, 7) is 3.30. The summed E-state index contributed by atoms with van der Waals surface area (Å²) in [4.78, 5) is 39.1. The molecule has 1 saturated heterocycles. The molecule has 2 aliphatic rings. The average molecular weight is 533 g/mol. The van der Waals surface area contributed by atoms with Crippen LogP contribution in [0.1, 0.15) is 44.9 Å². The van der Waals surface area contributed by atoms with Crippen LogP contribution in [0.15, 0.2) is 91.0 Å². The predicted octanol–water partition coefficient (Wildman–Crippen LogP) is 3.56. The van der Waals surface area contributed by atoms with E-state index >= 15 is 0 Å². The smallest absolute Gasteiger partial charge is 0.338 e. The Hall–Kier alpha value is -4.05. The Bertz CT molecular complexity index is 1310. The van der Waals surface area contributed by atoms with Crippen molar-refractivity contribution in [2.75, 3.05) is 0 Å². The Morgan fingerprint density at radius 1 is 0.590 bits per heavy atom. The van der Waals surface area contributed by atoms with Crippen molar-refractivity contribution in [3.63, 3.8) is 0 Å². The molecule has 2 fully saturated rings. The van der Waals surface area contributed by atoms with E-state index in [4.69, 9.17) is 23.7 Å². The van der Waals surface area contributed by atoms with E-state index in [0.717, 1.165) is 0 Å². The molecular weight excluding hydrogens is 504 g/mol. The maximum atomic E-state index is 13.1. The Kier molecular flexibility index (Phi) is 7.47. The molecule has 3 aromatic rings. The van der Waals surface area contributed by atoms with Crippen LogP contribution in [0, 0.1) is 0 Å². The van der Waals surface area contributed by atoms with E-state index in [-0.39, 0.29) is 16.7 Å². The van der Waals surface area contributed by atoms with Crippen molar-refractivity contribution in [2.45, 2.75) is 56.3 Å². The first kappa shape index (κ1) is 26.6. The molecule has 0 radical (unpaired) electrons. The maximum absolute atomic E-state index is 13.1. The van der Waals surface area contributed by atoms with E-state index in [9.17, 15) is 19.5 Å². The quantitative estimate of drug-likeness (QED) is 0.376. The molecule has 0 spiro atoms. The van der Waals surface area contributed by atoms with E-state index in [2.05, 4.69) is 0 Å². The third-order valence-electron chi connectivity index (χ3n) is 6.57. The number of aliphatic hydroxyl groups excluding tert-OH is 1. The molecule has 0 amide bonds. The fraction of sp³-hybridized carbons (Fsp3) is 0.300. The first-order valence-corrected chi connectivity index (χ1v) is 12.6. The minimum Gasteiger partial charge on any atom is -0.453 e. The number of hydrogen-bond donors (Lipinski definition) is 1. The van der Waals surface area contributed by atoms with Gasteiger partial charge in [0.25, 0.3) is 0 Å². The van der Waals surface area contributed by atoms with Gasteiger partial charge in [0.1, 0.15) is 18.3 Å². The third-order valence-corrected chi connectivity index (χ3v) is 6.57. The Morgan fingerprint density at radius 3 is 1.33 bits per heavy atom. The molecule has 9 nitrogen and oxygen atoms in total. The van der Waals surface area contributed by atoms with Gasteiger partial charge in [-0.3, -0.25) is 0 Å². The zero-order chi connectivity index (χ0) is 27.6. The fourth-order valence-electron chi connectivity index (χ4n) is 4.79. The van der Waals surface area contributed by atoms with Gasteiger partial charge in [0.15, 0.2) is 24.1 Å². The molecule has 0 bridgehead atoms. The van der Waals surface area contributed by atoms with Crippen molar-refractivity contribution < 1.29 is 43.2 Å². The van der Waals surface area contributed by atoms with Crippen molar-refractivity contribution in [1.82, 2.24) is 0 Å². The van der Waals surface area contributed by atoms with Crippen LogP contribution in [0.2, 0.25) is 0 Å². The van der Waals surface area contributed by atoms with E-state index in [0.29, 0.717) is 0 Å². The number of fused-ring (bicyclic) bond motifs is 1. The summed E-state index contributed by atoms with van der Waals surface area (Å²) in [6.07, 6.45) is -7.69. The van der Waals surface area contributed by atoms with Crippen molar-refractivity contribution in [2.24, 2.45) is 0 Å². The molecule has 9 heteroatoms. The summed E-state index contributed by atoms with van der Waals surface area (Å²) < 4.78 is 29.4. The lowest BCUT2D eigenvalue weighted by Crippen LogP contribution is -2.65. The number of benzene rings is 3. The minimum absolute atomic E-state index is 0.224. The second kappa shape index (κ2) is 11.0. The molecule has 1 heterocycles. The average Bonchev–Trinajstić information content (AvgIpc) is 3.28. The van der Waals surface area contributed by atoms with E-state index in [1.807, 2.05) is 0 Å². The monoisotopic (exact) mass is 532 g/mol. The Labute approximate surface area is 225 Å². The lowest BCUT2D eigenvalue weighted by Gasteiger charge is -2.43. The number of rotatable bonds is 6. The third kappa shape index (κ3) is 5.70. The lowest BCUT2D eigenvalue weighted by atomic mass is 9.84. The van der Waals surface area contributed by atoms with Crippen molar-refractivity contribution in [3.05, 3.63) is 108 Å². The van der Waals surface area contributed by atoms with Gasteiger partial charge in [-0.25, -0.2) is 14.4 Å². The standard InChI is InChI=1S/C30H28O9/c1-30(2)38-25-23(36-28(33)19-14-8-4-9-15-19)21(31)22(35-27(32)18-12-6-3-7-13-18)24(26(25)39-30)37-29(34)20-16-10-5-11-17-20/h3-17,21-26,31H,1-2H3/t21-,22+,23-,24+,25+,26+/m1/s1. The molecule has 39 heavy (non-hydrogen) atoms. The molecule has 1 N–H and O–H groups in total. The SMILES string of the molecule is CC1(C)O[C@@H]2[C@@H](O1)[C@H](OC(=O)c1ccccc1)[C@H](O)[C@H](OC(=O)c1ccccc1)[C@@H]2OC(=O)c1ccccc1. The maximum Gasteiger partial charge on any atom is 0.338 e. The first-order valence-electron chi connectivity index (χ1n) is 12.6. The summed E-state index contributed by atoms with van der Waals surface area (Å²) in [5.41, 5.74) is 0.740. The van der Waals surface area contributed by atoms with Crippen molar-refractivity contribution in [3.8, 4) is 0 Å². The van der Waals surface area contributed by atoms with Crippen molar-refractivity contribution >= 4 is 17.9 Å². The van der Waals surface area contributed by atoms with Crippen LogP contribution in [0.4, 0.5) is 0 Å². The normalized spacial score (nSPS) is 27.2. The van der Waals surface area contributed by atoms with Crippen LogP contribution in [0.3, 0.4) is 0 Å². The van der Waals surface area contributed by atoms with E-state index in [1.54, 1.807) is 105 Å². The van der Waals surface area contributed by atoms with Crippen LogP contribution >= 0.6 is 0 Å². The highest BCUT2D eigenvalue weighted by molar-refractivity contribution is 5.91. The van der Waals surface area contributed by atoms with Gasteiger partial charge in [0.2, 0.25) is 0 Å². The summed E-state index contributed by atoms with van der Waals surface area (Å²) >= 11 is 0. The van der Waals surface area contributed by atoms with Gasteiger partial charge >= 0.3 is 17.9 Å². The largest absolute Gasteiger partial charge is 0.453 e. The second-order valence-electron chi connectivity index (χ2n) is 9.76. The number of hydrogen-bond acceptors (Lipinski definition) is 9. The minimum atomic E-state index is -1.61. The van der Waals surface area contributed by atoms with Gasteiger partial charge in [-0.05, 0) is 50.2 Å². The number of ether oxygens (including phenoxy) is 5. The highest BCUT2D eigenvalue weighted by Gasteiger charge is 2.62. The van der Waals surface area contributed by atoms with Gasteiger partial charge in [-0.1, -0.05) is 54.6 Å². The molecule has 0 unspecified atom stereocenters. The molecule has 202 valence electrons. The predicted molar refractivity (Wildman–Crippen MR) is 137 cm³/mol. The number of carbonyl (C=O) groups is 3. The zero-order valence-electron chi connectivity index (χ0n) is 21.3. The highest BCUT2D eigenvalue weighted by atomic mass is 16.8. The highest BCUT2D eigenvalue weighted by Crippen LogP contribution is 2.41. The lowest BCUT2D eigenvalue weighted by molar-refractivity contribution is -0.194. The summed E-state index contributed by atoms with van der Waals surface area (Å²) in [5.74, 6) is -3.35. The van der Waals surface area contributed by atoms with Gasteiger partial charge in [-0.2, -0.15) is 0 Å². The molecule has 0 aromatic heterocycles. The van der Waals surface area contributed by atoms with Gasteiger partial charge in [0, 0.05) is 0 Å². The second-order valence-corrected chi connectivity index (χ2v) is 9.76. The van der Waals surface area contributed by atoms with Crippen LogP contribution in [0.5, 0.6) is 0 Å². The van der Waals surface area contributed by atoms with Crippen molar-refractivity contribution in [1.29, 1.82) is 0 Å².